The highest BCUT2D eigenvalue weighted by Crippen LogP contribution is 2.45. The van der Waals surface area contributed by atoms with Crippen molar-refractivity contribution in [2.45, 2.75) is 12.8 Å². The summed E-state index contributed by atoms with van der Waals surface area (Å²) in [7, 11) is 0. The molecule has 10 rings (SSSR count). The molecule has 0 bridgehead atoms. The van der Waals surface area contributed by atoms with E-state index in [0.29, 0.717) is 0 Å². The number of fused-ring (bicyclic) bond motifs is 5. The van der Waals surface area contributed by atoms with Gasteiger partial charge in [0.2, 0.25) is 0 Å². The predicted molar refractivity (Wildman–Crippen MR) is 247 cm³/mol. The van der Waals surface area contributed by atoms with Gasteiger partial charge in [-0.25, -0.2) is 0 Å². The van der Waals surface area contributed by atoms with E-state index < -0.39 is 0 Å². The van der Waals surface area contributed by atoms with Gasteiger partial charge in [0.05, 0.1) is 5.69 Å². The van der Waals surface area contributed by atoms with Crippen LogP contribution >= 0.6 is 0 Å². The maximum absolute atomic E-state index is 6.91. The maximum Gasteiger partial charge on any atom is 0.143 e. The number of furan rings is 1. The molecule has 1 aliphatic carbocycles. The van der Waals surface area contributed by atoms with Crippen molar-refractivity contribution in [3.8, 4) is 33.4 Å². The molecular weight excluding hydrogens is 703 g/mol. The Morgan fingerprint density at radius 3 is 2.00 bits per heavy atom. The summed E-state index contributed by atoms with van der Waals surface area (Å²) in [5.41, 5.74) is 15.9. The molecule has 1 heterocycles. The van der Waals surface area contributed by atoms with Gasteiger partial charge in [-0.2, -0.15) is 0 Å². The summed E-state index contributed by atoms with van der Waals surface area (Å²) in [6.45, 7) is 3.81. The van der Waals surface area contributed by atoms with Gasteiger partial charge in [-0.1, -0.05) is 189 Å². The topological polar surface area (TPSA) is 16.4 Å². The SMILES string of the molecule is C=C/C=C\c1cccc(-c2ccc(-c3ccc(N(C4=C(c5cccc6c5oc5c7ccccc7ccc65)C=CCC4)c4ccccc4-c4ccccc4)cc3)cc2)c1. The summed E-state index contributed by atoms with van der Waals surface area (Å²) in [4.78, 5) is 2.48. The maximum atomic E-state index is 6.91. The molecule has 58 heavy (non-hydrogen) atoms. The van der Waals surface area contributed by atoms with Crippen LogP contribution in [0.1, 0.15) is 24.0 Å². The molecule has 2 heteroatoms. The number of anilines is 2. The van der Waals surface area contributed by atoms with Gasteiger partial charge in [-0.15, -0.1) is 0 Å². The van der Waals surface area contributed by atoms with Crippen molar-refractivity contribution in [3.63, 3.8) is 0 Å². The molecule has 1 aromatic heterocycles. The van der Waals surface area contributed by atoms with Gasteiger partial charge < -0.3 is 9.32 Å². The van der Waals surface area contributed by atoms with Crippen LogP contribution < -0.4 is 4.90 Å². The molecule has 0 saturated heterocycles. The van der Waals surface area contributed by atoms with Crippen LogP contribution in [0.15, 0.2) is 223 Å². The Morgan fingerprint density at radius 2 is 1.17 bits per heavy atom. The van der Waals surface area contributed by atoms with Crippen molar-refractivity contribution in [2.75, 3.05) is 4.90 Å². The summed E-state index contributed by atoms with van der Waals surface area (Å²) in [6.07, 6.45) is 12.3. The van der Waals surface area contributed by atoms with Gasteiger partial charge in [0, 0.05) is 44.2 Å². The van der Waals surface area contributed by atoms with Crippen LogP contribution in [-0.4, -0.2) is 0 Å². The van der Waals surface area contributed by atoms with Crippen molar-refractivity contribution in [2.24, 2.45) is 0 Å². The van der Waals surface area contributed by atoms with E-state index in [4.69, 9.17) is 4.42 Å². The average Bonchev–Trinajstić information content (AvgIpc) is 3.69. The molecule has 0 aliphatic heterocycles. The molecule has 0 atom stereocenters. The smallest absolute Gasteiger partial charge is 0.143 e. The molecule has 8 aromatic carbocycles. The molecular formula is C56H41NO. The molecule has 0 fully saturated rings. The average molecular weight is 744 g/mol. The highest BCUT2D eigenvalue weighted by atomic mass is 16.3. The minimum absolute atomic E-state index is 0.877. The second-order valence-electron chi connectivity index (χ2n) is 14.8. The molecule has 2 nitrogen and oxygen atoms in total. The van der Waals surface area contributed by atoms with Gasteiger partial charge in [0.15, 0.2) is 0 Å². The van der Waals surface area contributed by atoms with Crippen LogP contribution in [0, 0.1) is 0 Å². The van der Waals surface area contributed by atoms with Crippen molar-refractivity contribution in [3.05, 3.63) is 230 Å². The van der Waals surface area contributed by atoms with Crippen LogP contribution in [0.4, 0.5) is 11.4 Å². The Bertz CT molecular complexity index is 3050. The number of para-hydroxylation sites is 2. The Morgan fingerprint density at radius 1 is 0.517 bits per heavy atom. The van der Waals surface area contributed by atoms with Crippen LogP contribution in [0.5, 0.6) is 0 Å². The molecule has 0 radical (unpaired) electrons. The second-order valence-corrected chi connectivity index (χ2v) is 14.8. The number of hydrogen-bond acceptors (Lipinski definition) is 2. The summed E-state index contributed by atoms with van der Waals surface area (Å²) in [6, 6.07) is 65.5. The summed E-state index contributed by atoms with van der Waals surface area (Å²) >= 11 is 0. The zero-order valence-electron chi connectivity index (χ0n) is 32.2. The van der Waals surface area contributed by atoms with Crippen molar-refractivity contribution >= 4 is 55.7 Å². The Hall–Kier alpha value is -7.42. The van der Waals surface area contributed by atoms with Gasteiger partial charge in [-0.3, -0.25) is 0 Å². The lowest BCUT2D eigenvalue weighted by Gasteiger charge is -2.33. The Balaban J connectivity index is 1.10. The van der Waals surface area contributed by atoms with Crippen molar-refractivity contribution < 1.29 is 4.42 Å². The first-order valence-electron chi connectivity index (χ1n) is 20.0. The fourth-order valence-corrected chi connectivity index (χ4v) is 8.50. The summed E-state index contributed by atoms with van der Waals surface area (Å²) < 4.78 is 6.91. The van der Waals surface area contributed by atoms with Crippen LogP contribution in [0.25, 0.3) is 77.7 Å². The number of allylic oxidation sites excluding steroid dienone is 6. The van der Waals surface area contributed by atoms with E-state index in [1.54, 1.807) is 6.08 Å². The molecule has 0 amide bonds. The third-order valence-electron chi connectivity index (χ3n) is 11.3. The third-order valence-corrected chi connectivity index (χ3v) is 11.3. The lowest BCUT2D eigenvalue weighted by Crippen LogP contribution is -2.20. The van der Waals surface area contributed by atoms with Gasteiger partial charge in [-0.05, 0) is 81.9 Å². The number of rotatable bonds is 9. The largest absolute Gasteiger partial charge is 0.455 e. The van der Waals surface area contributed by atoms with Crippen LogP contribution in [0.2, 0.25) is 0 Å². The fraction of sp³-hybridized carbons (Fsp3) is 0.0357. The predicted octanol–water partition coefficient (Wildman–Crippen LogP) is 15.8. The van der Waals surface area contributed by atoms with Crippen molar-refractivity contribution in [1.82, 2.24) is 0 Å². The number of hydrogen-bond donors (Lipinski definition) is 0. The van der Waals surface area contributed by atoms with E-state index in [-0.39, 0.29) is 0 Å². The van der Waals surface area contributed by atoms with E-state index in [9.17, 15) is 0 Å². The Labute approximate surface area is 339 Å². The number of benzene rings is 8. The normalized spacial score (nSPS) is 12.9. The first-order valence-corrected chi connectivity index (χ1v) is 20.0. The van der Waals surface area contributed by atoms with E-state index >= 15 is 0 Å². The van der Waals surface area contributed by atoms with Crippen LogP contribution in [-0.2, 0) is 0 Å². The molecule has 0 N–H and O–H groups in total. The van der Waals surface area contributed by atoms with Crippen molar-refractivity contribution in [1.29, 1.82) is 0 Å². The van der Waals surface area contributed by atoms with E-state index in [1.165, 1.54) is 50.0 Å². The van der Waals surface area contributed by atoms with Gasteiger partial charge >= 0.3 is 0 Å². The van der Waals surface area contributed by atoms with E-state index in [0.717, 1.165) is 62.7 Å². The summed E-state index contributed by atoms with van der Waals surface area (Å²) in [5, 5.41) is 4.59. The molecule has 9 aromatic rings. The first-order chi connectivity index (χ1) is 28.7. The van der Waals surface area contributed by atoms with Gasteiger partial charge in [0.1, 0.15) is 11.2 Å². The minimum Gasteiger partial charge on any atom is -0.455 e. The highest BCUT2D eigenvalue weighted by Gasteiger charge is 2.25. The Kier molecular flexibility index (Phi) is 9.21. The molecule has 0 spiro atoms. The molecule has 0 saturated carbocycles. The highest BCUT2D eigenvalue weighted by molar-refractivity contribution is 6.17. The lowest BCUT2D eigenvalue weighted by molar-refractivity contribution is 0.671. The monoisotopic (exact) mass is 743 g/mol. The lowest BCUT2D eigenvalue weighted by atomic mass is 9.92. The zero-order chi connectivity index (χ0) is 38.8. The van der Waals surface area contributed by atoms with E-state index in [2.05, 4.69) is 212 Å². The zero-order valence-corrected chi connectivity index (χ0v) is 32.2. The third kappa shape index (κ3) is 6.45. The molecule has 0 unspecified atom stereocenters. The second kappa shape index (κ2) is 15.3. The van der Waals surface area contributed by atoms with Gasteiger partial charge in [0.25, 0.3) is 0 Å². The molecule has 276 valence electrons. The minimum atomic E-state index is 0.877. The number of nitrogens with zero attached hydrogens (tertiary/aromatic N) is 1. The quantitative estimate of drug-likeness (QED) is 0.137. The van der Waals surface area contributed by atoms with Crippen LogP contribution in [0.3, 0.4) is 0 Å². The standard InChI is InChI=1S/C56H41NO/c1-2-3-15-39-16-13-20-45(38-39)42-30-28-40(29-31-42)41-32-35-46(36-33-41)57(53-26-11-9-21-47(53)43-17-5-4-6-18-43)54-27-12-10-23-49(54)50-24-14-25-51-52-37-34-44-19-7-8-22-48(44)55(52)58-56(50)51/h2-11,13-26,28-38H,1,12,27H2/b15-3-. The fourth-order valence-electron chi connectivity index (χ4n) is 8.50. The summed E-state index contributed by atoms with van der Waals surface area (Å²) in [5.74, 6) is 0. The first kappa shape index (κ1) is 35.0. The molecule has 1 aliphatic rings. The van der Waals surface area contributed by atoms with E-state index in [1.807, 2.05) is 6.08 Å².